The summed E-state index contributed by atoms with van der Waals surface area (Å²) in [6, 6.07) is 4.92. The molecule has 2 unspecified atom stereocenters. The van der Waals surface area contributed by atoms with E-state index in [1.54, 1.807) is 0 Å². The first-order valence-electron chi connectivity index (χ1n) is 6.70. The van der Waals surface area contributed by atoms with Crippen molar-refractivity contribution in [2.45, 2.75) is 58.4 Å². The Hall–Kier alpha value is -1.05. The third-order valence-corrected chi connectivity index (χ3v) is 3.82. The Labute approximate surface area is 105 Å². The fourth-order valence-corrected chi connectivity index (χ4v) is 2.47. The average Bonchev–Trinajstić information content (AvgIpc) is 2.64. The molecule has 1 saturated carbocycles. The van der Waals surface area contributed by atoms with Crippen LogP contribution in [-0.4, -0.2) is 11.0 Å². The van der Waals surface area contributed by atoms with Crippen molar-refractivity contribution in [1.29, 1.82) is 0 Å². The first-order chi connectivity index (χ1) is 7.97. The third kappa shape index (κ3) is 2.99. The molecule has 17 heavy (non-hydrogen) atoms. The first kappa shape index (κ1) is 12.4. The molecule has 2 heteroatoms. The summed E-state index contributed by atoms with van der Waals surface area (Å²) in [4.78, 5) is 4.53. The molecule has 2 atom stereocenters. The van der Waals surface area contributed by atoms with E-state index in [1.807, 2.05) is 6.20 Å². The smallest absolute Gasteiger partial charge is 0.126 e. The highest BCUT2D eigenvalue weighted by Gasteiger charge is 2.23. The first-order valence-corrected chi connectivity index (χ1v) is 6.70. The van der Waals surface area contributed by atoms with Crippen LogP contribution in [0.25, 0.3) is 0 Å². The molecule has 0 aliphatic heterocycles. The predicted molar refractivity (Wildman–Crippen MR) is 73.4 cm³/mol. The highest BCUT2D eigenvalue weighted by atomic mass is 15.0. The van der Waals surface area contributed by atoms with Crippen LogP contribution in [0.15, 0.2) is 18.3 Å². The number of nitrogens with zero attached hydrogens (tertiary/aromatic N) is 1. The Bertz CT molecular complexity index is 362. The van der Waals surface area contributed by atoms with E-state index in [9.17, 15) is 0 Å². The van der Waals surface area contributed by atoms with Gasteiger partial charge in [-0.1, -0.05) is 40.2 Å². The standard InChI is InChI=1S/C15H24N2/c1-11-6-5-7-13(11)17-14-9-8-12(10-16-14)15(2,3)4/h8-11,13H,5-7H2,1-4H3,(H,16,17). The minimum atomic E-state index is 0.187. The molecule has 1 aromatic rings. The minimum absolute atomic E-state index is 0.187. The van der Waals surface area contributed by atoms with Crippen LogP contribution in [0.5, 0.6) is 0 Å². The average molecular weight is 232 g/mol. The number of anilines is 1. The van der Waals surface area contributed by atoms with Crippen molar-refractivity contribution in [1.82, 2.24) is 4.98 Å². The molecular formula is C15H24N2. The van der Waals surface area contributed by atoms with Gasteiger partial charge in [-0.3, -0.25) is 0 Å². The van der Waals surface area contributed by atoms with Gasteiger partial charge in [0.05, 0.1) is 0 Å². The van der Waals surface area contributed by atoms with Gasteiger partial charge in [0.15, 0.2) is 0 Å². The Balaban J connectivity index is 2.03. The van der Waals surface area contributed by atoms with Gasteiger partial charge in [0, 0.05) is 12.2 Å². The third-order valence-electron chi connectivity index (χ3n) is 3.82. The van der Waals surface area contributed by atoms with E-state index in [4.69, 9.17) is 0 Å². The summed E-state index contributed by atoms with van der Waals surface area (Å²) in [5.41, 5.74) is 1.48. The quantitative estimate of drug-likeness (QED) is 0.834. The molecule has 1 fully saturated rings. The zero-order valence-electron chi connectivity index (χ0n) is 11.5. The number of rotatable bonds is 2. The topological polar surface area (TPSA) is 24.9 Å². The molecule has 0 spiro atoms. The summed E-state index contributed by atoms with van der Waals surface area (Å²) >= 11 is 0. The van der Waals surface area contributed by atoms with Gasteiger partial charge in [-0.05, 0) is 35.8 Å². The molecule has 0 aromatic carbocycles. The molecular weight excluding hydrogens is 208 g/mol. The summed E-state index contributed by atoms with van der Waals surface area (Å²) in [6.45, 7) is 8.98. The highest BCUT2D eigenvalue weighted by molar-refractivity contribution is 5.38. The molecule has 1 heterocycles. The fraction of sp³-hybridized carbons (Fsp3) is 0.667. The SMILES string of the molecule is CC1CCCC1Nc1ccc(C(C)(C)C)cn1. The second-order valence-corrected chi connectivity index (χ2v) is 6.34. The van der Waals surface area contributed by atoms with Crippen LogP contribution in [0, 0.1) is 5.92 Å². The van der Waals surface area contributed by atoms with Crippen LogP contribution in [-0.2, 0) is 5.41 Å². The Morgan fingerprint density at radius 1 is 1.24 bits per heavy atom. The van der Waals surface area contributed by atoms with Crippen molar-refractivity contribution in [2.75, 3.05) is 5.32 Å². The maximum absolute atomic E-state index is 4.53. The van der Waals surface area contributed by atoms with Gasteiger partial charge in [-0.25, -0.2) is 4.98 Å². The molecule has 1 N–H and O–H groups in total. The van der Waals surface area contributed by atoms with E-state index in [0.29, 0.717) is 6.04 Å². The van der Waals surface area contributed by atoms with E-state index in [-0.39, 0.29) is 5.41 Å². The molecule has 0 radical (unpaired) electrons. The number of hydrogen-bond donors (Lipinski definition) is 1. The molecule has 2 rings (SSSR count). The van der Waals surface area contributed by atoms with Gasteiger partial charge in [0.25, 0.3) is 0 Å². The number of hydrogen-bond acceptors (Lipinski definition) is 2. The molecule has 1 aromatic heterocycles. The van der Waals surface area contributed by atoms with E-state index >= 15 is 0 Å². The maximum Gasteiger partial charge on any atom is 0.126 e. The zero-order valence-corrected chi connectivity index (χ0v) is 11.5. The Morgan fingerprint density at radius 3 is 2.47 bits per heavy atom. The van der Waals surface area contributed by atoms with Crippen molar-refractivity contribution < 1.29 is 0 Å². The predicted octanol–water partition coefficient (Wildman–Crippen LogP) is 3.98. The second kappa shape index (κ2) is 4.67. The van der Waals surface area contributed by atoms with Gasteiger partial charge in [0.2, 0.25) is 0 Å². The summed E-state index contributed by atoms with van der Waals surface area (Å²) in [6.07, 6.45) is 5.97. The summed E-state index contributed by atoms with van der Waals surface area (Å²) in [5.74, 6) is 1.80. The maximum atomic E-state index is 4.53. The van der Waals surface area contributed by atoms with Gasteiger partial charge < -0.3 is 5.32 Å². The summed E-state index contributed by atoms with van der Waals surface area (Å²) in [5, 5.41) is 3.56. The van der Waals surface area contributed by atoms with Crippen molar-refractivity contribution in [3.63, 3.8) is 0 Å². The normalized spacial score (nSPS) is 24.9. The highest BCUT2D eigenvalue weighted by Crippen LogP contribution is 2.28. The van der Waals surface area contributed by atoms with E-state index < -0.39 is 0 Å². The fourth-order valence-electron chi connectivity index (χ4n) is 2.47. The minimum Gasteiger partial charge on any atom is -0.367 e. The second-order valence-electron chi connectivity index (χ2n) is 6.34. The Kier molecular flexibility index (Phi) is 3.41. The van der Waals surface area contributed by atoms with Gasteiger partial charge in [0.1, 0.15) is 5.82 Å². The van der Waals surface area contributed by atoms with Crippen molar-refractivity contribution in [3.8, 4) is 0 Å². The molecule has 2 nitrogen and oxygen atoms in total. The lowest BCUT2D eigenvalue weighted by atomic mass is 9.88. The van der Waals surface area contributed by atoms with E-state index in [0.717, 1.165) is 11.7 Å². The van der Waals surface area contributed by atoms with Crippen LogP contribution < -0.4 is 5.32 Å². The lowest BCUT2D eigenvalue weighted by Crippen LogP contribution is -2.22. The zero-order chi connectivity index (χ0) is 12.5. The van der Waals surface area contributed by atoms with Gasteiger partial charge in [-0.15, -0.1) is 0 Å². The van der Waals surface area contributed by atoms with Gasteiger partial charge in [-0.2, -0.15) is 0 Å². The number of nitrogens with one attached hydrogen (secondary N) is 1. The van der Waals surface area contributed by atoms with E-state index in [1.165, 1.54) is 24.8 Å². The van der Waals surface area contributed by atoms with Gasteiger partial charge >= 0.3 is 0 Å². The number of aromatic nitrogens is 1. The van der Waals surface area contributed by atoms with Crippen LogP contribution in [0.2, 0.25) is 0 Å². The van der Waals surface area contributed by atoms with Crippen LogP contribution in [0.4, 0.5) is 5.82 Å². The molecule has 1 aliphatic carbocycles. The largest absolute Gasteiger partial charge is 0.367 e. The molecule has 0 saturated heterocycles. The van der Waals surface area contributed by atoms with Crippen LogP contribution >= 0.6 is 0 Å². The lowest BCUT2D eigenvalue weighted by Gasteiger charge is -2.21. The summed E-state index contributed by atoms with van der Waals surface area (Å²) in [7, 11) is 0. The Morgan fingerprint density at radius 2 is 2.00 bits per heavy atom. The van der Waals surface area contributed by atoms with Crippen LogP contribution in [0.1, 0.15) is 52.5 Å². The molecule has 1 aliphatic rings. The van der Waals surface area contributed by atoms with Crippen molar-refractivity contribution in [3.05, 3.63) is 23.9 Å². The van der Waals surface area contributed by atoms with Crippen LogP contribution in [0.3, 0.4) is 0 Å². The number of pyridine rings is 1. The molecule has 94 valence electrons. The van der Waals surface area contributed by atoms with Crippen molar-refractivity contribution >= 4 is 5.82 Å². The van der Waals surface area contributed by atoms with E-state index in [2.05, 4.69) is 50.1 Å². The monoisotopic (exact) mass is 232 g/mol. The summed E-state index contributed by atoms with van der Waals surface area (Å²) < 4.78 is 0. The molecule has 0 bridgehead atoms. The van der Waals surface area contributed by atoms with Crippen molar-refractivity contribution in [2.24, 2.45) is 5.92 Å². The molecule has 0 amide bonds. The lowest BCUT2D eigenvalue weighted by molar-refractivity contribution is 0.554.